The zero-order chi connectivity index (χ0) is 14.0. The number of sulfonamides is 1. The van der Waals surface area contributed by atoms with Crippen LogP contribution < -0.4 is 10.6 Å². The maximum atomic E-state index is 12.1. The Morgan fingerprint density at radius 2 is 1.68 bits per heavy atom. The highest BCUT2D eigenvalue weighted by atomic mass is 32.2. The molecule has 2 rings (SSSR count). The average Bonchev–Trinajstić information content (AvgIpc) is 2.39. The Balaban J connectivity index is 2.06. The first-order valence-electron chi connectivity index (χ1n) is 6.51. The molecule has 106 valence electrons. The molecule has 1 aliphatic rings. The van der Waals surface area contributed by atoms with E-state index in [1.54, 1.807) is 18.2 Å². The van der Waals surface area contributed by atoms with Gasteiger partial charge in [-0.25, -0.2) is 8.42 Å². The third kappa shape index (κ3) is 2.84. The molecule has 5 nitrogen and oxygen atoms in total. The molecule has 0 unspecified atom stereocenters. The lowest BCUT2D eigenvalue weighted by atomic mass is 10.2. The molecule has 1 fully saturated rings. The number of hydrogen-bond donors (Lipinski definition) is 1. The largest absolute Gasteiger partial charge is 0.397 e. The summed E-state index contributed by atoms with van der Waals surface area (Å²) >= 11 is 0. The molecule has 1 saturated heterocycles. The summed E-state index contributed by atoms with van der Waals surface area (Å²) in [4.78, 5) is 2.14. The van der Waals surface area contributed by atoms with Gasteiger partial charge >= 0.3 is 0 Å². The number of nitrogen functional groups attached to an aromatic ring is 1. The second kappa shape index (κ2) is 5.38. The van der Waals surface area contributed by atoms with E-state index in [0.717, 1.165) is 11.4 Å². The van der Waals surface area contributed by atoms with Crippen molar-refractivity contribution in [2.75, 3.05) is 36.8 Å². The van der Waals surface area contributed by atoms with Gasteiger partial charge < -0.3 is 10.6 Å². The van der Waals surface area contributed by atoms with E-state index in [1.807, 2.05) is 24.3 Å². The molecule has 0 saturated carbocycles. The molecule has 0 aromatic heterocycles. The number of benzene rings is 1. The van der Waals surface area contributed by atoms with Gasteiger partial charge in [-0.15, -0.1) is 0 Å². The predicted molar refractivity (Wildman–Crippen MR) is 78.7 cm³/mol. The third-order valence-corrected chi connectivity index (χ3v) is 5.75. The van der Waals surface area contributed by atoms with Gasteiger partial charge in [-0.2, -0.15) is 4.31 Å². The minimum Gasteiger partial charge on any atom is -0.397 e. The van der Waals surface area contributed by atoms with Crippen LogP contribution in [0.15, 0.2) is 24.3 Å². The Hall–Kier alpha value is -1.27. The van der Waals surface area contributed by atoms with Crippen LogP contribution in [0.3, 0.4) is 0 Å². The summed E-state index contributed by atoms with van der Waals surface area (Å²) < 4.78 is 25.7. The van der Waals surface area contributed by atoms with E-state index in [4.69, 9.17) is 5.73 Å². The van der Waals surface area contributed by atoms with Gasteiger partial charge in [-0.05, 0) is 26.0 Å². The first-order chi connectivity index (χ1) is 8.93. The van der Waals surface area contributed by atoms with Gasteiger partial charge in [-0.3, -0.25) is 0 Å². The van der Waals surface area contributed by atoms with Crippen LogP contribution in [0, 0.1) is 0 Å². The Kier molecular flexibility index (Phi) is 4.01. The standard InChI is InChI=1S/C13H21N3O2S/c1-11(2)19(17,18)16-9-7-15(8-10-16)13-6-4-3-5-12(13)14/h3-6,11H,7-10,14H2,1-2H3. The molecule has 0 amide bonds. The molecule has 1 aromatic carbocycles. The fraction of sp³-hybridized carbons (Fsp3) is 0.538. The van der Waals surface area contributed by atoms with E-state index in [-0.39, 0.29) is 5.25 Å². The molecule has 0 radical (unpaired) electrons. The number of piperazine rings is 1. The summed E-state index contributed by atoms with van der Waals surface area (Å²) in [6, 6.07) is 7.69. The monoisotopic (exact) mass is 283 g/mol. The topological polar surface area (TPSA) is 66.6 Å². The highest BCUT2D eigenvalue weighted by Gasteiger charge is 2.29. The molecule has 6 heteroatoms. The Bertz CT molecular complexity index is 535. The van der Waals surface area contributed by atoms with Gasteiger partial charge in [-0.1, -0.05) is 12.1 Å². The molecule has 2 N–H and O–H groups in total. The van der Waals surface area contributed by atoms with Gasteiger partial charge in [0.1, 0.15) is 0 Å². The quantitative estimate of drug-likeness (QED) is 0.845. The summed E-state index contributed by atoms with van der Waals surface area (Å²) in [5, 5.41) is -0.360. The van der Waals surface area contributed by atoms with E-state index >= 15 is 0 Å². The molecular weight excluding hydrogens is 262 g/mol. The molecule has 0 atom stereocenters. The molecule has 1 aromatic rings. The van der Waals surface area contributed by atoms with Crippen LogP contribution in [0.5, 0.6) is 0 Å². The van der Waals surface area contributed by atoms with Crippen molar-refractivity contribution in [1.82, 2.24) is 4.31 Å². The van der Waals surface area contributed by atoms with Crippen molar-refractivity contribution < 1.29 is 8.42 Å². The molecule has 0 aliphatic carbocycles. The second-order valence-electron chi connectivity index (χ2n) is 5.04. The molecule has 0 bridgehead atoms. The summed E-state index contributed by atoms with van der Waals surface area (Å²) in [7, 11) is -3.14. The van der Waals surface area contributed by atoms with Crippen molar-refractivity contribution in [2.45, 2.75) is 19.1 Å². The van der Waals surface area contributed by atoms with E-state index in [2.05, 4.69) is 4.90 Å². The Morgan fingerprint density at radius 3 is 2.21 bits per heavy atom. The van der Waals surface area contributed by atoms with Crippen molar-refractivity contribution >= 4 is 21.4 Å². The maximum Gasteiger partial charge on any atom is 0.216 e. The van der Waals surface area contributed by atoms with E-state index < -0.39 is 10.0 Å². The van der Waals surface area contributed by atoms with Gasteiger partial charge in [0.05, 0.1) is 16.6 Å². The smallest absolute Gasteiger partial charge is 0.216 e. The minimum absolute atomic E-state index is 0.360. The summed E-state index contributed by atoms with van der Waals surface area (Å²) in [6.07, 6.45) is 0. The highest BCUT2D eigenvalue weighted by Crippen LogP contribution is 2.24. The molecule has 0 spiro atoms. The van der Waals surface area contributed by atoms with Crippen molar-refractivity contribution in [3.8, 4) is 0 Å². The number of rotatable bonds is 3. The van der Waals surface area contributed by atoms with Crippen molar-refractivity contribution in [1.29, 1.82) is 0 Å². The van der Waals surface area contributed by atoms with Gasteiger partial charge in [0.2, 0.25) is 10.0 Å². The zero-order valence-corrected chi connectivity index (χ0v) is 12.2. The van der Waals surface area contributed by atoms with Crippen LogP contribution >= 0.6 is 0 Å². The Morgan fingerprint density at radius 1 is 1.11 bits per heavy atom. The third-order valence-electron chi connectivity index (χ3n) is 3.47. The number of anilines is 2. The summed E-state index contributed by atoms with van der Waals surface area (Å²) in [5.41, 5.74) is 7.68. The van der Waals surface area contributed by atoms with E-state index in [1.165, 1.54) is 0 Å². The zero-order valence-electron chi connectivity index (χ0n) is 11.4. The van der Waals surface area contributed by atoms with Crippen LogP contribution in [0.2, 0.25) is 0 Å². The van der Waals surface area contributed by atoms with E-state index in [0.29, 0.717) is 26.2 Å². The first kappa shape index (κ1) is 14.1. The van der Waals surface area contributed by atoms with Crippen molar-refractivity contribution in [3.05, 3.63) is 24.3 Å². The normalized spacial score (nSPS) is 17.9. The van der Waals surface area contributed by atoms with Crippen LogP contribution in [0.25, 0.3) is 0 Å². The van der Waals surface area contributed by atoms with Crippen LogP contribution in [-0.2, 0) is 10.0 Å². The Labute approximate surface area is 115 Å². The van der Waals surface area contributed by atoms with Crippen LogP contribution in [0.1, 0.15) is 13.8 Å². The molecular formula is C13H21N3O2S. The number of nitrogens with two attached hydrogens (primary N) is 1. The fourth-order valence-electron chi connectivity index (χ4n) is 2.26. The lowest BCUT2D eigenvalue weighted by Gasteiger charge is -2.36. The van der Waals surface area contributed by atoms with Crippen molar-refractivity contribution in [2.24, 2.45) is 0 Å². The molecule has 1 aliphatic heterocycles. The van der Waals surface area contributed by atoms with Crippen molar-refractivity contribution in [3.63, 3.8) is 0 Å². The fourth-order valence-corrected chi connectivity index (χ4v) is 3.53. The highest BCUT2D eigenvalue weighted by molar-refractivity contribution is 7.89. The van der Waals surface area contributed by atoms with Crippen LogP contribution in [-0.4, -0.2) is 44.2 Å². The van der Waals surface area contributed by atoms with Crippen LogP contribution in [0.4, 0.5) is 11.4 Å². The van der Waals surface area contributed by atoms with E-state index in [9.17, 15) is 8.42 Å². The SMILES string of the molecule is CC(C)S(=O)(=O)N1CCN(c2ccccc2N)CC1. The lowest BCUT2D eigenvalue weighted by molar-refractivity contribution is 0.381. The number of hydrogen-bond acceptors (Lipinski definition) is 4. The first-order valence-corrected chi connectivity index (χ1v) is 8.01. The van der Waals surface area contributed by atoms with Gasteiger partial charge in [0, 0.05) is 26.2 Å². The summed E-state index contributed by atoms with van der Waals surface area (Å²) in [6.45, 7) is 5.85. The second-order valence-corrected chi connectivity index (χ2v) is 7.53. The summed E-state index contributed by atoms with van der Waals surface area (Å²) in [5.74, 6) is 0. The number of para-hydroxylation sites is 2. The van der Waals surface area contributed by atoms with Gasteiger partial charge in [0.15, 0.2) is 0 Å². The lowest BCUT2D eigenvalue weighted by Crippen LogP contribution is -2.50. The minimum atomic E-state index is -3.14. The maximum absolute atomic E-state index is 12.1. The average molecular weight is 283 g/mol. The predicted octanol–water partition coefficient (Wildman–Crippen LogP) is 1.13. The number of nitrogens with zero attached hydrogens (tertiary/aromatic N) is 2. The van der Waals surface area contributed by atoms with Gasteiger partial charge in [0.25, 0.3) is 0 Å². The molecule has 19 heavy (non-hydrogen) atoms. The molecule has 1 heterocycles.